The lowest BCUT2D eigenvalue weighted by atomic mass is 9.92. The van der Waals surface area contributed by atoms with Gasteiger partial charge in [-0.2, -0.15) is 0 Å². The summed E-state index contributed by atoms with van der Waals surface area (Å²) in [5.74, 6) is -1.18. The minimum atomic E-state index is -0.784. The van der Waals surface area contributed by atoms with Gasteiger partial charge in [0.2, 0.25) is 0 Å². The number of hydrogen-bond donors (Lipinski definition) is 1. The molecule has 1 aromatic heterocycles. The number of carboxylic acid groups (broad SMARTS) is 1. The van der Waals surface area contributed by atoms with Gasteiger partial charge in [0.15, 0.2) is 5.58 Å². The number of fused-ring (bicyclic) bond motifs is 1. The molecule has 1 aliphatic rings. The van der Waals surface area contributed by atoms with Crippen molar-refractivity contribution in [3.8, 4) is 0 Å². The number of carbonyl (C=O) groups is 1. The highest BCUT2D eigenvalue weighted by molar-refractivity contribution is 5.76. The van der Waals surface area contributed by atoms with Crippen molar-refractivity contribution in [1.82, 2.24) is 4.57 Å². The highest BCUT2D eigenvalue weighted by atomic mass is 16.4. The van der Waals surface area contributed by atoms with Gasteiger partial charge in [-0.3, -0.25) is 9.36 Å². The Hall–Kier alpha value is -2.04. The first-order valence-corrected chi connectivity index (χ1v) is 5.84. The first kappa shape index (κ1) is 11.1. The number of aromatic nitrogens is 1. The van der Waals surface area contributed by atoms with Crippen LogP contribution in [0.15, 0.2) is 27.4 Å². The summed E-state index contributed by atoms with van der Waals surface area (Å²) in [6, 6.07) is 5.48. The zero-order valence-corrected chi connectivity index (χ0v) is 9.97. The molecule has 5 nitrogen and oxygen atoms in total. The van der Waals surface area contributed by atoms with Gasteiger partial charge in [0.05, 0.1) is 11.9 Å². The predicted octanol–water partition coefficient (Wildman–Crippen LogP) is 1.64. The van der Waals surface area contributed by atoms with Gasteiger partial charge in [-0.1, -0.05) is 6.07 Å². The largest absolute Gasteiger partial charge is 0.481 e. The number of hydrogen-bond acceptors (Lipinski definition) is 3. The van der Waals surface area contributed by atoms with E-state index in [2.05, 4.69) is 0 Å². The monoisotopic (exact) mass is 247 g/mol. The van der Waals surface area contributed by atoms with Gasteiger partial charge in [-0.25, -0.2) is 4.79 Å². The molecule has 3 rings (SSSR count). The van der Waals surface area contributed by atoms with Crippen LogP contribution in [0.3, 0.4) is 0 Å². The van der Waals surface area contributed by atoms with Crippen molar-refractivity contribution in [1.29, 1.82) is 0 Å². The predicted molar refractivity (Wildman–Crippen MR) is 64.6 cm³/mol. The van der Waals surface area contributed by atoms with Gasteiger partial charge < -0.3 is 9.52 Å². The van der Waals surface area contributed by atoms with Crippen LogP contribution in [-0.4, -0.2) is 15.6 Å². The molecule has 0 amide bonds. The van der Waals surface area contributed by atoms with Crippen molar-refractivity contribution in [2.75, 3.05) is 0 Å². The van der Waals surface area contributed by atoms with E-state index in [-0.39, 0.29) is 11.8 Å². The standard InChI is InChI=1S/C13H13NO4/c1-14-9-6-8(2-3-10(9)18-12(14)17)13(4-5-13)7-11(15)16/h2-3,6H,4-5,7H2,1H3,(H,15,16). The van der Waals surface area contributed by atoms with E-state index in [1.807, 2.05) is 12.1 Å². The molecule has 1 heterocycles. The summed E-state index contributed by atoms with van der Waals surface area (Å²) in [6.45, 7) is 0. The molecule has 1 aromatic carbocycles. The zero-order valence-electron chi connectivity index (χ0n) is 9.97. The Morgan fingerprint density at radius 1 is 1.50 bits per heavy atom. The van der Waals surface area contributed by atoms with Crippen LogP contribution in [0.2, 0.25) is 0 Å². The summed E-state index contributed by atoms with van der Waals surface area (Å²) >= 11 is 0. The van der Waals surface area contributed by atoms with Crippen molar-refractivity contribution >= 4 is 17.1 Å². The van der Waals surface area contributed by atoms with E-state index in [4.69, 9.17) is 9.52 Å². The van der Waals surface area contributed by atoms with Crippen LogP contribution in [0.1, 0.15) is 24.8 Å². The Labute approximate surface area is 103 Å². The van der Waals surface area contributed by atoms with Gasteiger partial charge in [0, 0.05) is 12.5 Å². The maximum Gasteiger partial charge on any atom is 0.419 e. The quantitative estimate of drug-likeness (QED) is 0.894. The fourth-order valence-corrected chi connectivity index (χ4v) is 2.46. The molecule has 1 N–H and O–H groups in total. The van der Waals surface area contributed by atoms with Crippen LogP contribution in [0.25, 0.3) is 11.1 Å². The molecule has 1 aliphatic carbocycles. The molecule has 0 spiro atoms. The number of benzene rings is 1. The minimum Gasteiger partial charge on any atom is -0.481 e. The molecule has 1 fully saturated rings. The summed E-state index contributed by atoms with van der Waals surface area (Å²) in [5.41, 5.74) is 1.99. The van der Waals surface area contributed by atoms with Crippen LogP contribution in [-0.2, 0) is 17.3 Å². The molecule has 0 radical (unpaired) electrons. The Balaban J connectivity index is 2.11. The summed E-state index contributed by atoms with van der Waals surface area (Å²) in [7, 11) is 1.65. The number of rotatable bonds is 3. The molecule has 0 unspecified atom stereocenters. The maximum absolute atomic E-state index is 11.4. The van der Waals surface area contributed by atoms with E-state index in [1.165, 1.54) is 4.57 Å². The second-order valence-electron chi connectivity index (χ2n) is 4.96. The zero-order chi connectivity index (χ0) is 12.9. The highest BCUT2D eigenvalue weighted by Gasteiger charge is 2.46. The van der Waals surface area contributed by atoms with Crippen LogP contribution in [0, 0.1) is 0 Å². The smallest absolute Gasteiger partial charge is 0.419 e. The highest BCUT2D eigenvalue weighted by Crippen LogP contribution is 2.51. The van der Waals surface area contributed by atoms with Crippen molar-refractivity contribution in [3.63, 3.8) is 0 Å². The number of carboxylic acids is 1. The number of aliphatic carboxylic acids is 1. The third-order valence-electron chi connectivity index (χ3n) is 3.75. The summed E-state index contributed by atoms with van der Waals surface area (Å²) in [4.78, 5) is 22.3. The number of oxazole rings is 1. The Kier molecular flexibility index (Phi) is 2.14. The topological polar surface area (TPSA) is 72.4 Å². The van der Waals surface area contributed by atoms with Gasteiger partial charge in [-0.05, 0) is 30.5 Å². The Morgan fingerprint density at radius 3 is 2.83 bits per heavy atom. The van der Waals surface area contributed by atoms with E-state index >= 15 is 0 Å². The van der Waals surface area contributed by atoms with E-state index < -0.39 is 11.7 Å². The first-order valence-electron chi connectivity index (χ1n) is 5.84. The van der Waals surface area contributed by atoms with Crippen molar-refractivity contribution < 1.29 is 14.3 Å². The Morgan fingerprint density at radius 2 is 2.22 bits per heavy atom. The molecule has 5 heteroatoms. The van der Waals surface area contributed by atoms with E-state index in [0.717, 1.165) is 18.4 Å². The molecule has 0 saturated heterocycles. The number of aryl methyl sites for hydroxylation is 1. The lowest BCUT2D eigenvalue weighted by Crippen LogP contribution is -2.13. The average molecular weight is 247 g/mol. The molecule has 2 aromatic rings. The van der Waals surface area contributed by atoms with E-state index in [9.17, 15) is 9.59 Å². The van der Waals surface area contributed by atoms with Crippen LogP contribution >= 0.6 is 0 Å². The third kappa shape index (κ3) is 1.54. The molecule has 18 heavy (non-hydrogen) atoms. The molecule has 0 atom stereocenters. The Bertz CT molecular complexity index is 691. The molecular formula is C13H13NO4. The molecular weight excluding hydrogens is 234 g/mol. The molecule has 0 bridgehead atoms. The van der Waals surface area contributed by atoms with Crippen molar-refractivity contribution in [3.05, 3.63) is 34.3 Å². The van der Waals surface area contributed by atoms with Gasteiger partial charge in [-0.15, -0.1) is 0 Å². The molecule has 0 aliphatic heterocycles. The van der Waals surface area contributed by atoms with Gasteiger partial charge in [0.25, 0.3) is 0 Å². The van der Waals surface area contributed by atoms with Gasteiger partial charge >= 0.3 is 11.7 Å². The fourth-order valence-electron chi connectivity index (χ4n) is 2.46. The lowest BCUT2D eigenvalue weighted by molar-refractivity contribution is -0.137. The van der Waals surface area contributed by atoms with Crippen molar-refractivity contribution in [2.24, 2.45) is 7.05 Å². The summed E-state index contributed by atoms with van der Waals surface area (Å²) in [5, 5.41) is 8.95. The SMILES string of the molecule is Cn1c(=O)oc2ccc(C3(CC(=O)O)CC3)cc21. The second-order valence-corrected chi connectivity index (χ2v) is 4.96. The maximum atomic E-state index is 11.4. The second kappa shape index (κ2) is 3.48. The fraction of sp³-hybridized carbons (Fsp3) is 0.385. The molecule has 1 saturated carbocycles. The van der Waals surface area contributed by atoms with Gasteiger partial charge in [0.1, 0.15) is 0 Å². The van der Waals surface area contributed by atoms with Crippen LogP contribution in [0.5, 0.6) is 0 Å². The summed E-state index contributed by atoms with van der Waals surface area (Å²) in [6.07, 6.45) is 1.91. The average Bonchev–Trinajstić information content (AvgIpc) is 3.02. The van der Waals surface area contributed by atoms with E-state index in [1.54, 1.807) is 13.1 Å². The number of nitrogens with zero attached hydrogens (tertiary/aromatic N) is 1. The first-order chi connectivity index (χ1) is 8.52. The third-order valence-corrected chi connectivity index (χ3v) is 3.75. The lowest BCUT2D eigenvalue weighted by Gasteiger charge is -2.12. The van der Waals surface area contributed by atoms with Crippen LogP contribution < -0.4 is 5.76 Å². The molecule has 94 valence electrons. The normalized spacial score (nSPS) is 16.9. The van der Waals surface area contributed by atoms with E-state index in [0.29, 0.717) is 11.1 Å². The van der Waals surface area contributed by atoms with Crippen molar-refractivity contribution in [2.45, 2.75) is 24.7 Å². The minimum absolute atomic E-state index is 0.143. The van der Waals surface area contributed by atoms with Crippen LogP contribution in [0.4, 0.5) is 0 Å². The summed E-state index contributed by atoms with van der Waals surface area (Å²) < 4.78 is 6.50.